The van der Waals surface area contributed by atoms with E-state index in [-0.39, 0.29) is 5.56 Å². The SMILES string of the molecule is COCc1cc(Br)cc(C(C)(F)F)c1. The van der Waals surface area contributed by atoms with Crippen LogP contribution in [-0.2, 0) is 17.3 Å². The average Bonchev–Trinajstić information content (AvgIpc) is 2.02. The van der Waals surface area contributed by atoms with Gasteiger partial charge in [0.05, 0.1) is 6.61 Å². The Bertz CT molecular complexity index is 320. The van der Waals surface area contributed by atoms with Crippen molar-refractivity contribution >= 4 is 15.9 Å². The molecule has 0 radical (unpaired) electrons. The van der Waals surface area contributed by atoms with E-state index in [1.807, 2.05) is 0 Å². The van der Waals surface area contributed by atoms with E-state index in [9.17, 15) is 8.78 Å². The van der Waals surface area contributed by atoms with Crippen LogP contribution in [0.2, 0.25) is 0 Å². The summed E-state index contributed by atoms with van der Waals surface area (Å²) in [6.07, 6.45) is 0. The Labute approximate surface area is 90.2 Å². The number of rotatable bonds is 3. The molecular formula is C10H11BrF2O. The van der Waals surface area contributed by atoms with Crippen LogP contribution in [0.4, 0.5) is 8.78 Å². The molecule has 0 N–H and O–H groups in total. The Balaban J connectivity index is 3.07. The summed E-state index contributed by atoms with van der Waals surface area (Å²) >= 11 is 3.19. The Morgan fingerprint density at radius 1 is 1.36 bits per heavy atom. The van der Waals surface area contributed by atoms with Crippen molar-refractivity contribution in [1.29, 1.82) is 0 Å². The molecule has 0 atom stereocenters. The topological polar surface area (TPSA) is 9.23 Å². The molecule has 0 bridgehead atoms. The molecular weight excluding hydrogens is 254 g/mol. The van der Waals surface area contributed by atoms with Gasteiger partial charge in [0, 0.05) is 24.1 Å². The van der Waals surface area contributed by atoms with E-state index in [4.69, 9.17) is 4.74 Å². The van der Waals surface area contributed by atoms with Gasteiger partial charge < -0.3 is 4.74 Å². The first-order chi connectivity index (χ1) is 6.43. The summed E-state index contributed by atoms with van der Waals surface area (Å²) in [7, 11) is 1.53. The van der Waals surface area contributed by atoms with Gasteiger partial charge in [-0.25, -0.2) is 8.78 Å². The molecule has 0 heterocycles. The van der Waals surface area contributed by atoms with E-state index in [0.29, 0.717) is 11.1 Å². The average molecular weight is 265 g/mol. The van der Waals surface area contributed by atoms with Crippen LogP contribution in [0.5, 0.6) is 0 Å². The molecule has 0 spiro atoms. The molecule has 0 fully saturated rings. The van der Waals surface area contributed by atoms with E-state index >= 15 is 0 Å². The molecule has 14 heavy (non-hydrogen) atoms. The summed E-state index contributed by atoms with van der Waals surface area (Å²) in [5, 5.41) is 0. The summed E-state index contributed by atoms with van der Waals surface area (Å²) in [6.45, 7) is 1.22. The normalized spacial score (nSPS) is 11.8. The molecule has 1 rings (SSSR count). The third-order valence-corrected chi connectivity index (χ3v) is 2.23. The van der Waals surface area contributed by atoms with Crippen LogP contribution in [-0.4, -0.2) is 7.11 Å². The van der Waals surface area contributed by atoms with Gasteiger partial charge in [0.25, 0.3) is 5.92 Å². The fourth-order valence-corrected chi connectivity index (χ4v) is 1.69. The van der Waals surface area contributed by atoms with Crippen LogP contribution >= 0.6 is 15.9 Å². The van der Waals surface area contributed by atoms with Gasteiger partial charge in [-0.3, -0.25) is 0 Å². The zero-order chi connectivity index (χ0) is 10.8. The highest BCUT2D eigenvalue weighted by Crippen LogP contribution is 2.30. The first kappa shape index (κ1) is 11.6. The van der Waals surface area contributed by atoms with Gasteiger partial charge in [-0.1, -0.05) is 15.9 Å². The molecule has 0 aliphatic heterocycles. The lowest BCUT2D eigenvalue weighted by molar-refractivity contribution is 0.0172. The Morgan fingerprint density at radius 2 is 2.00 bits per heavy atom. The Kier molecular flexibility index (Phi) is 3.61. The minimum atomic E-state index is -2.81. The molecule has 1 nitrogen and oxygen atoms in total. The van der Waals surface area contributed by atoms with Crippen molar-refractivity contribution in [1.82, 2.24) is 0 Å². The molecule has 0 saturated carbocycles. The van der Waals surface area contributed by atoms with E-state index in [2.05, 4.69) is 15.9 Å². The molecule has 4 heteroatoms. The van der Waals surface area contributed by atoms with Crippen molar-refractivity contribution in [2.24, 2.45) is 0 Å². The second-order valence-corrected chi connectivity index (χ2v) is 4.09. The van der Waals surface area contributed by atoms with Crippen LogP contribution in [0.1, 0.15) is 18.1 Å². The highest BCUT2D eigenvalue weighted by atomic mass is 79.9. The van der Waals surface area contributed by atoms with Gasteiger partial charge in [0.2, 0.25) is 0 Å². The quantitative estimate of drug-likeness (QED) is 0.809. The zero-order valence-electron chi connectivity index (χ0n) is 7.98. The lowest BCUT2D eigenvalue weighted by atomic mass is 10.1. The fraction of sp³-hybridized carbons (Fsp3) is 0.400. The second kappa shape index (κ2) is 4.36. The van der Waals surface area contributed by atoms with Gasteiger partial charge >= 0.3 is 0 Å². The highest BCUT2D eigenvalue weighted by molar-refractivity contribution is 9.10. The Morgan fingerprint density at radius 3 is 2.50 bits per heavy atom. The minimum absolute atomic E-state index is 0.000995. The summed E-state index contributed by atoms with van der Waals surface area (Å²) in [6, 6.07) is 4.63. The summed E-state index contributed by atoms with van der Waals surface area (Å²) in [5.74, 6) is -2.81. The molecule has 0 aromatic heterocycles. The third kappa shape index (κ3) is 3.03. The smallest absolute Gasteiger partial charge is 0.270 e. The second-order valence-electron chi connectivity index (χ2n) is 3.17. The van der Waals surface area contributed by atoms with Crippen LogP contribution in [0.3, 0.4) is 0 Å². The first-order valence-electron chi connectivity index (χ1n) is 4.10. The van der Waals surface area contributed by atoms with Gasteiger partial charge in [0.1, 0.15) is 0 Å². The molecule has 0 amide bonds. The minimum Gasteiger partial charge on any atom is -0.380 e. The first-order valence-corrected chi connectivity index (χ1v) is 4.89. The summed E-state index contributed by atoms with van der Waals surface area (Å²) in [4.78, 5) is 0. The van der Waals surface area contributed by atoms with Gasteiger partial charge in [-0.2, -0.15) is 0 Å². The number of halogens is 3. The lowest BCUT2D eigenvalue weighted by Gasteiger charge is -2.12. The predicted molar refractivity (Wildman–Crippen MR) is 54.4 cm³/mol. The molecule has 78 valence electrons. The zero-order valence-corrected chi connectivity index (χ0v) is 9.57. The number of ether oxygens (including phenoxy) is 1. The third-order valence-electron chi connectivity index (χ3n) is 1.78. The maximum absolute atomic E-state index is 13.0. The molecule has 1 aromatic rings. The van der Waals surface area contributed by atoms with Crippen molar-refractivity contribution in [2.75, 3.05) is 7.11 Å². The number of benzene rings is 1. The van der Waals surface area contributed by atoms with Gasteiger partial charge in [-0.05, 0) is 23.8 Å². The van der Waals surface area contributed by atoms with Crippen LogP contribution in [0, 0.1) is 0 Å². The molecule has 0 saturated heterocycles. The predicted octanol–water partition coefficient (Wildman–Crippen LogP) is 3.71. The van der Waals surface area contributed by atoms with E-state index in [0.717, 1.165) is 12.5 Å². The van der Waals surface area contributed by atoms with Crippen LogP contribution in [0.15, 0.2) is 22.7 Å². The number of hydrogen-bond donors (Lipinski definition) is 0. The van der Waals surface area contributed by atoms with Crippen molar-refractivity contribution in [3.05, 3.63) is 33.8 Å². The Hall–Kier alpha value is -0.480. The van der Waals surface area contributed by atoms with Gasteiger partial charge in [0.15, 0.2) is 0 Å². The summed E-state index contributed by atoms with van der Waals surface area (Å²) < 4.78 is 31.5. The number of methoxy groups -OCH3 is 1. The number of alkyl halides is 2. The number of hydrogen-bond acceptors (Lipinski definition) is 1. The van der Waals surface area contributed by atoms with Crippen molar-refractivity contribution in [2.45, 2.75) is 19.5 Å². The fourth-order valence-electron chi connectivity index (χ4n) is 1.15. The highest BCUT2D eigenvalue weighted by Gasteiger charge is 2.24. The molecule has 1 aromatic carbocycles. The van der Waals surface area contributed by atoms with Gasteiger partial charge in [-0.15, -0.1) is 0 Å². The van der Waals surface area contributed by atoms with Crippen molar-refractivity contribution in [3.63, 3.8) is 0 Å². The standard InChI is InChI=1S/C10H11BrF2O/c1-10(12,13)8-3-7(6-14-2)4-9(11)5-8/h3-5H,6H2,1-2H3. The van der Waals surface area contributed by atoms with E-state index in [1.165, 1.54) is 19.2 Å². The van der Waals surface area contributed by atoms with Crippen molar-refractivity contribution in [3.8, 4) is 0 Å². The maximum atomic E-state index is 13.0. The van der Waals surface area contributed by atoms with Crippen LogP contribution in [0.25, 0.3) is 0 Å². The van der Waals surface area contributed by atoms with Crippen molar-refractivity contribution < 1.29 is 13.5 Å². The molecule has 0 aliphatic carbocycles. The summed E-state index contributed by atoms with van der Waals surface area (Å²) in [5.41, 5.74) is 0.734. The molecule has 0 aliphatic rings. The maximum Gasteiger partial charge on any atom is 0.270 e. The largest absolute Gasteiger partial charge is 0.380 e. The molecule has 0 unspecified atom stereocenters. The van der Waals surface area contributed by atoms with E-state index < -0.39 is 5.92 Å². The van der Waals surface area contributed by atoms with E-state index in [1.54, 1.807) is 6.07 Å². The monoisotopic (exact) mass is 264 g/mol. The lowest BCUT2D eigenvalue weighted by Crippen LogP contribution is -2.07. The van der Waals surface area contributed by atoms with Crippen LogP contribution < -0.4 is 0 Å².